The van der Waals surface area contributed by atoms with Gasteiger partial charge in [-0.1, -0.05) is 26.0 Å². The molecule has 1 saturated heterocycles. The Morgan fingerprint density at radius 2 is 1.95 bits per heavy atom. The molecule has 2 aromatic rings. The smallest absolute Gasteiger partial charge is 0.205 e. The molecule has 0 aliphatic carbocycles. The molecule has 0 unspecified atom stereocenters. The zero-order valence-electron chi connectivity index (χ0n) is 11.4. The third-order valence-electron chi connectivity index (χ3n) is 3.50. The Hall–Kier alpha value is -1.53. The van der Waals surface area contributed by atoms with Crippen LogP contribution in [-0.4, -0.2) is 27.6 Å². The van der Waals surface area contributed by atoms with Crippen LogP contribution in [0.15, 0.2) is 24.3 Å². The van der Waals surface area contributed by atoms with Crippen molar-refractivity contribution in [3.63, 3.8) is 0 Å². The number of β-amino-alcohol motifs (C(OH)–C–C–N with tert-alkyl or cyclic N) is 1. The molecular formula is C14H16FN3OS. The number of halogens is 1. The summed E-state index contributed by atoms with van der Waals surface area (Å²) in [5, 5.41) is 11.3. The zero-order chi connectivity index (χ0) is 14.3. The molecule has 2 heterocycles. The summed E-state index contributed by atoms with van der Waals surface area (Å²) < 4.78 is 17.2. The van der Waals surface area contributed by atoms with Gasteiger partial charge < -0.3 is 10.0 Å². The molecule has 20 heavy (non-hydrogen) atoms. The summed E-state index contributed by atoms with van der Waals surface area (Å²) in [5.41, 5.74) is -0.180. The van der Waals surface area contributed by atoms with Crippen LogP contribution < -0.4 is 4.90 Å². The first kappa shape index (κ1) is 13.5. The first-order valence-corrected chi connectivity index (χ1v) is 7.32. The van der Waals surface area contributed by atoms with Crippen molar-refractivity contribution >= 4 is 16.7 Å². The maximum Gasteiger partial charge on any atom is 0.205 e. The van der Waals surface area contributed by atoms with Gasteiger partial charge in [-0.2, -0.15) is 4.37 Å². The number of benzene rings is 1. The summed E-state index contributed by atoms with van der Waals surface area (Å²) in [4.78, 5) is 6.46. The van der Waals surface area contributed by atoms with Crippen molar-refractivity contribution in [2.24, 2.45) is 0 Å². The van der Waals surface area contributed by atoms with Crippen molar-refractivity contribution < 1.29 is 9.50 Å². The minimum atomic E-state index is -0.919. The van der Waals surface area contributed by atoms with Crippen molar-refractivity contribution in [1.29, 1.82) is 0 Å². The molecule has 1 aliphatic rings. The predicted octanol–water partition coefficient (Wildman–Crippen LogP) is 2.51. The maximum absolute atomic E-state index is 12.9. The normalized spacial score (nSPS) is 17.4. The van der Waals surface area contributed by atoms with Crippen LogP contribution in [0.1, 0.15) is 31.2 Å². The number of aliphatic hydroxyl groups is 1. The molecule has 6 heteroatoms. The van der Waals surface area contributed by atoms with Gasteiger partial charge in [-0.25, -0.2) is 9.37 Å². The van der Waals surface area contributed by atoms with Crippen molar-refractivity contribution in [3.8, 4) is 0 Å². The average Bonchev–Trinajstić information content (AvgIpc) is 2.85. The highest BCUT2D eigenvalue weighted by atomic mass is 32.1. The highest BCUT2D eigenvalue weighted by Gasteiger charge is 2.44. The molecule has 1 N–H and O–H groups in total. The molecule has 0 atom stereocenters. The van der Waals surface area contributed by atoms with E-state index in [0.29, 0.717) is 19.0 Å². The van der Waals surface area contributed by atoms with E-state index in [0.717, 1.165) is 16.5 Å². The second-order valence-corrected chi connectivity index (χ2v) is 6.21. The number of rotatable bonds is 3. The number of aromatic nitrogens is 2. The zero-order valence-corrected chi connectivity index (χ0v) is 12.2. The van der Waals surface area contributed by atoms with E-state index in [1.807, 2.05) is 4.90 Å². The molecule has 0 saturated carbocycles. The van der Waals surface area contributed by atoms with E-state index in [1.54, 1.807) is 12.1 Å². The summed E-state index contributed by atoms with van der Waals surface area (Å²) in [6.07, 6.45) is 0. The van der Waals surface area contributed by atoms with Crippen LogP contribution in [0.5, 0.6) is 0 Å². The molecule has 106 valence electrons. The van der Waals surface area contributed by atoms with Crippen LogP contribution >= 0.6 is 11.5 Å². The van der Waals surface area contributed by atoms with Gasteiger partial charge in [-0.05, 0) is 17.7 Å². The third-order valence-corrected chi connectivity index (χ3v) is 4.30. The fourth-order valence-electron chi connectivity index (χ4n) is 2.25. The maximum atomic E-state index is 12.9. The Balaban J connectivity index is 1.72. The summed E-state index contributed by atoms with van der Waals surface area (Å²) in [5.74, 6) is 0.846. The summed E-state index contributed by atoms with van der Waals surface area (Å²) >= 11 is 1.35. The first-order chi connectivity index (χ1) is 9.48. The standard InChI is InChI=1S/C14H16FN3OS/c1-9(2)12-16-13(20-17-12)18-7-14(19,8-18)10-3-5-11(15)6-4-10/h3-6,9,19H,7-8H2,1-2H3. The fourth-order valence-corrected chi connectivity index (χ4v) is 3.06. The highest BCUT2D eigenvalue weighted by molar-refractivity contribution is 7.09. The number of hydrogen-bond donors (Lipinski definition) is 1. The van der Waals surface area contributed by atoms with Crippen LogP contribution in [0.3, 0.4) is 0 Å². The second kappa shape index (κ2) is 4.79. The Bertz CT molecular complexity index is 605. The molecule has 1 fully saturated rings. The summed E-state index contributed by atoms with van der Waals surface area (Å²) in [6.45, 7) is 5.03. The van der Waals surface area contributed by atoms with Crippen LogP contribution in [0.25, 0.3) is 0 Å². The van der Waals surface area contributed by atoms with Gasteiger partial charge >= 0.3 is 0 Å². The van der Waals surface area contributed by atoms with Gasteiger partial charge in [-0.3, -0.25) is 0 Å². The molecule has 0 spiro atoms. The van der Waals surface area contributed by atoms with E-state index in [9.17, 15) is 9.50 Å². The molecule has 0 radical (unpaired) electrons. The summed E-state index contributed by atoms with van der Waals surface area (Å²) in [7, 11) is 0. The van der Waals surface area contributed by atoms with E-state index in [-0.39, 0.29) is 5.82 Å². The topological polar surface area (TPSA) is 49.2 Å². The number of nitrogens with zero attached hydrogens (tertiary/aromatic N) is 3. The average molecular weight is 293 g/mol. The lowest BCUT2D eigenvalue weighted by atomic mass is 9.86. The van der Waals surface area contributed by atoms with Gasteiger partial charge in [0.2, 0.25) is 5.13 Å². The lowest BCUT2D eigenvalue weighted by molar-refractivity contribution is 0.00745. The van der Waals surface area contributed by atoms with Crippen molar-refractivity contribution in [2.45, 2.75) is 25.4 Å². The predicted molar refractivity (Wildman–Crippen MR) is 76.5 cm³/mol. The van der Waals surface area contributed by atoms with E-state index in [2.05, 4.69) is 23.2 Å². The van der Waals surface area contributed by atoms with Crippen LogP contribution in [0.2, 0.25) is 0 Å². The SMILES string of the molecule is CC(C)c1nsc(N2CC(O)(c3ccc(F)cc3)C2)n1. The first-order valence-electron chi connectivity index (χ1n) is 6.55. The minimum Gasteiger partial charge on any atom is -0.381 e. The fraction of sp³-hybridized carbons (Fsp3) is 0.429. The second-order valence-electron chi connectivity index (χ2n) is 5.48. The van der Waals surface area contributed by atoms with E-state index in [1.165, 1.54) is 23.7 Å². The van der Waals surface area contributed by atoms with Crippen LogP contribution in [-0.2, 0) is 5.60 Å². The van der Waals surface area contributed by atoms with Crippen molar-refractivity contribution in [2.75, 3.05) is 18.0 Å². The van der Waals surface area contributed by atoms with Crippen LogP contribution in [0, 0.1) is 5.82 Å². The van der Waals surface area contributed by atoms with Gasteiger partial charge in [-0.15, -0.1) is 0 Å². The largest absolute Gasteiger partial charge is 0.381 e. The lowest BCUT2D eigenvalue weighted by Gasteiger charge is -2.46. The molecule has 0 bridgehead atoms. The Morgan fingerprint density at radius 1 is 1.30 bits per heavy atom. The van der Waals surface area contributed by atoms with E-state index >= 15 is 0 Å². The molecule has 1 aliphatic heterocycles. The Kier molecular flexibility index (Phi) is 3.22. The molecule has 4 nitrogen and oxygen atoms in total. The van der Waals surface area contributed by atoms with Gasteiger partial charge in [0.15, 0.2) is 0 Å². The molecule has 3 rings (SSSR count). The quantitative estimate of drug-likeness (QED) is 0.944. The van der Waals surface area contributed by atoms with Crippen molar-refractivity contribution in [1.82, 2.24) is 9.36 Å². The van der Waals surface area contributed by atoms with Gasteiger partial charge in [0.05, 0.1) is 13.1 Å². The Morgan fingerprint density at radius 3 is 2.50 bits per heavy atom. The Labute approximate surface area is 121 Å². The monoisotopic (exact) mass is 293 g/mol. The van der Waals surface area contributed by atoms with Crippen molar-refractivity contribution in [3.05, 3.63) is 41.5 Å². The molecular weight excluding hydrogens is 277 g/mol. The number of anilines is 1. The van der Waals surface area contributed by atoms with E-state index in [4.69, 9.17) is 0 Å². The van der Waals surface area contributed by atoms with E-state index < -0.39 is 5.60 Å². The van der Waals surface area contributed by atoms with Gasteiger partial charge in [0.25, 0.3) is 0 Å². The molecule has 1 aromatic heterocycles. The third kappa shape index (κ3) is 2.29. The van der Waals surface area contributed by atoms with Gasteiger partial charge in [0.1, 0.15) is 17.2 Å². The highest BCUT2D eigenvalue weighted by Crippen LogP contribution is 2.36. The van der Waals surface area contributed by atoms with Crippen LogP contribution in [0.4, 0.5) is 9.52 Å². The molecule has 0 amide bonds. The number of hydrogen-bond acceptors (Lipinski definition) is 5. The minimum absolute atomic E-state index is 0.292. The van der Waals surface area contributed by atoms with Gasteiger partial charge in [0, 0.05) is 17.5 Å². The lowest BCUT2D eigenvalue weighted by Crippen LogP contribution is -2.59. The molecule has 1 aromatic carbocycles. The summed E-state index contributed by atoms with van der Waals surface area (Å²) in [6, 6.07) is 6.01.